The predicted octanol–water partition coefficient (Wildman–Crippen LogP) is 1.85. The Morgan fingerprint density at radius 2 is 2.22 bits per heavy atom. The van der Waals surface area contributed by atoms with Crippen LogP contribution in [0, 0.1) is 5.92 Å². The molecule has 0 amide bonds. The Morgan fingerprint density at radius 3 is 3.00 bits per heavy atom. The van der Waals surface area contributed by atoms with Crippen molar-refractivity contribution < 1.29 is 5.11 Å². The molecule has 0 aliphatic heterocycles. The fraction of sp³-hybridized carbons (Fsp3) is 0.357. The normalized spacial score (nSPS) is 18.6. The number of nitrogens with zero attached hydrogens (tertiary/aromatic N) is 1. The van der Waals surface area contributed by atoms with Gasteiger partial charge in [-0.25, -0.2) is 4.98 Å². The summed E-state index contributed by atoms with van der Waals surface area (Å²) in [6, 6.07) is 7.27. The number of hydrogen-bond acceptors (Lipinski definition) is 3. The molecule has 4 N–H and O–H groups in total. The third-order valence-electron chi connectivity index (χ3n) is 3.64. The summed E-state index contributed by atoms with van der Waals surface area (Å²) < 4.78 is 0. The van der Waals surface area contributed by atoms with E-state index in [0.717, 1.165) is 42.9 Å². The van der Waals surface area contributed by atoms with Gasteiger partial charge in [0.15, 0.2) is 0 Å². The molecule has 1 aliphatic carbocycles. The van der Waals surface area contributed by atoms with Crippen LogP contribution in [-0.4, -0.2) is 21.6 Å². The standard InChI is InChI=1S/C14H17N3O/c15-8-9-5-6-11-12(7-9)17-14(16-11)10-3-1-2-4-13(10)18/h1-4,9,18H,5-8,15H2,(H,16,17). The number of benzene rings is 1. The number of phenols is 1. The fourth-order valence-electron chi connectivity index (χ4n) is 2.56. The van der Waals surface area contributed by atoms with Gasteiger partial charge < -0.3 is 15.8 Å². The Hall–Kier alpha value is -1.81. The van der Waals surface area contributed by atoms with Gasteiger partial charge in [-0.3, -0.25) is 0 Å². The summed E-state index contributed by atoms with van der Waals surface area (Å²) in [6.45, 7) is 0.727. The van der Waals surface area contributed by atoms with Crippen LogP contribution >= 0.6 is 0 Å². The lowest BCUT2D eigenvalue weighted by molar-refractivity contribution is 0.461. The number of nitrogens with two attached hydrogens (primary N) is 1. The Kier molecular flexibility index (Phi) is 2.80. The highest BCUT2D eigenvalue weighted by molar-refractivity contribution is 5.64. The van der Waals surface area contributed by atoms with Crippen molar-refractivity contribution in [1.29, 1.82) is 0 Å². The SMILES string of the molecule is NCC1CCc2nc(-c3ccccc3O)[nH]c2C1. The Balaban J connectivity index is 1.97. The number of phenolic OH excluding ortho intramolecular Hbond substituents is 1. The molecular weight excluding hydrogens is 226 g/mol. The molecule has 2 aromatic rings. The molecule has 0 radical (unpaired) electrons. The first-order valence-corrected chi connectivity index (χ1v) is 6.34. The number of aromatic hydroxyl groups is 1. The second-order valence-corrected chi connectivity index (χ2v) is 4.87. The van der Waals surface area contributed by atoms with E-state index in [0.29, 0.717) is 5.92 Å². The van der Waals surface area contributed by atoms with E-state index >= 15 is 0 Å². The van der Waals surface area contributed by atoms with Crippen molar-refractivity contribution in [3.63, 3.8) is 0 Å². The van der Waals surface area contributed by atoms with E-state index in [4.69, 9.17) is 5.73 Å². The number of aromatic nitrogens is 2. The first-order valence-electron chi connectivity index (χ1n) is 6.34. The van der Waals surface area contributed by atoms with Crippen molar-refractivity contribution >= 4 is 0 Å². The van der Waals surface area contributed by atoms with Gasteiger partial charge in [-0.05, 0) is 43.9 Å². The lowest BCUT2D eigenvalue weighted by atomic mass is 9.90. The lowest BCUT2D eigenvalue weighted by Gasteiger charge is -2.18. The number of aromatic amines is 1. The molecule has 4 heteroatoms. The second-order valence-electron chi connectivity index (χ2n) is 4.87. The van der Waals surface area contributed by atoms with Crippen molar-refractivity contribution in [1.82, 2.24) is 9.97 Å². The van der Waals surface area contributed by atoms with Gasteiger partial charge in [-0.15, -0.1) is 0 Å². The molecule has 1 unspecified atom stereocenters. The number of imidazole rings is 1. The second kappa shape index (κ2) is 4.46. The van der Waals surface area contributed by atoms with E-state index in [-0.39, 0.29) is 5.75 Å². The van der Waals surface area contributed by atoms with Crippen LogP contribution in [0.3, 0.4) is 0 Å². The average molecular weight is 243 g/mol. The Morgan fingerprint density at radius 1 is 1.39 bits per heavy atom. The molecule has 3 rings (SSSR count). The maximum atomic E-state index is 9.84. The van der Waals surface area contributed by atoms with E-state index < -0.39 is 0 Å². The van der Waals surface area contributed by atoms with E-state index in [1.165, 1.54) is 5.69 Å². The quantitative estimate of drug-likeness (QED) is 0.753. The summed E-state index contributed by atoms with van der Waals surface area (Å²) in [5.41, 5.74) is 8.79. The molecule has 1 aromatic carbocycles. The maximum Gasteiger partial charge on any atom is 0.141 e. The highest BCUT2D eigenvalue weighted by Crippen LogP contribution is 2.30. The molecule has 0 saturated carbocycles. The molecule has 4 nitrogen and oxygen atoms in total. The van der Waals surface area contributed by atoms with Crippen LogP contribution in [0.4, 0.5) is 0 Å². The molecule has 1 aliphatic rings. The zero-order chi connectivity index (χ0) is 12.5. The average Bonchev–Trinajstić information content (AvgIpc) is 2.81. The molecule has 1 aromatic heterocycles. The van der Waals surface area contributed by atoms with Gasteiger partial charge in [0.1, 0.15) is 11.6 Å². The van der Waals surface area contributed by atoms with Gasteiger partial charge >= 0.3 is 0 Å². The molecule has 1 heterocycles. The van der Waals surface area contributed by atoms with Crippen LogP contribution in [-0.2, 0) is 12.8 Å². The summed E-state index contributed by atoms with van der Waals surface area (Å²) in [4.78, 5) is 7.92. The molecule has 0 spiro atoms. The minimum Gasteiger partial charge on any atom is -0.507 e. The predicted molar refractivity (Wildman–Crippen MR) is 70.3 cm³/mol. The Bertz CT molecular complexity index is 562. The molecular formula is C14H17N3O. The lowest BCUT2D eigenvalue weighted by Crippen LogP contribution is -2.22. The monoisotopic (exact) mass is 243 g/mol. The first kappa shape index (κ1) is 11.3. The summed E-state index contributed by atoms with van der Waals surface area (Å²) in [5.74, 6) is 1.57. The van der Waals surface area contributed by atoms with Crippen molar-refractivity contribution in [3.05, 3.63) is 35.7 Å². The minimum atomic E-state index is 0.263. The summed E-state index contributed by atoms with van der Waals surface area (Å²) in [5, 5.41) is 9.84. The van der Waals surface area contributed by atoms with E-state index in [1.807, 2.05) is 18.2 Å². The number of para-hydroxylation sites is 1. The van der Waals surface area contributed by atoms with E-state index in [2.05, 4.69) is 9.97 Å². The Labute approximate surface area is 106 Å². The molecule has 0 bridgehead atoms. The van der Waals surface area contributed by atoms with Crippen LogP contribution in [0.1, 0.15) is 17.8 Å². The summed E-state index contributed by atoms with van der Waals surface area (Å²) in [7, 11) is 0. The fourth-order valence-corrected chi connectivity index (χ4v) is 2.56. The van der Waals surface area contributed by atoms with Crippen molar-refractivity contribution in [2.24, 2.45) is 11.7 Å². The minimum absolute atomic E-state index is 0.263. The highest BCUT2D eigenvalue weighted by Gasteiger charge is 2.22. The van der Waals surface area contributed by atoms with Crippen LogP contribution in [0.2, 0.25) is 0 Å². The number of rotatable bonds is 2. The molecule has 0 saturated heterocycles. The third kappa shape index (κ3) is 1.88. The third-order valence-corrected chi connectivity index (χ3v) is 3.64. The number of hydrogen-bond donors (Lipinski definition) is 3. The van der Waals surface area contributed by atoms with Crippen LogP contribution in [0.25, 0.3) is 11.4 Å². The van der Waals surface area contributed by atoms with Crippen molar-refractivity contribution in [3.8, 4) is 17.1 Å². The summed E-state index contributed by atoms with van der Waals surface area (Å²) in [6.07, 6.45) is 3.04. The summed E-state index contributed by atoms with van der Waals surface area (Å²) >= 11 is 0. The van der Waals surface area contributed by atoms with Crippen molar-refractivity contribution in [2.45, 2.75) is 19.3 Å². The molecule has 0 fully saturated rings. The van der Waals surface area contributed by atoms with Gasteiger partial charge in [0.05, 0.1) is 11.3 Å². The molecule has 1 atom stereocenters. The van der Waals surface area contributed by atoms with E-state index in [1.54, 1.807) is 6.07 Å². The van der Waals surface area contributed by atoms with Gasteiger partial charge in [-0.2, -0.15) is 0 Å². The zero-order valence-electron chi connectivity index (χ0n) is 10.2. The number of H-pyrrole nitrogens is 1. The molecule has 18 heavy (non-hydrogen) atoms. The van der Waals surface area contributed by atoms with Crippen LogP contribution in [0.5, 0.6) is 5.75 Å². The zero-order valence-corrected chi connectivity index (χ0v) is 10.2. The molecule has 94 valence electrons. The van der Waals surface area contributed by atoms with Crippen LogP contribution in [0.15, 0.2) is 24.3 Å². The van der Waals surface area contributed by atoms with E-state index in [9.17, 15) is 5.11 Å². The number of aryl methyl sites for hydroxylation is 1. The maximum absolute atomic E-state index is 9.84. The largest absolute Gasteiger partial charge is 0.507 e. The van der Waals surface area contributed by atoms with Gasteiger partial charge in [0, 0.05) is 5.69 Å². The number of nitrogens with one attached hydrogen (secondary N) is 1. The topological polar surface area (TPSA) is 74.9 Å². The van der Waals surface area contributed by atoms with Gasteiger partial charge in [0.25, 0.3) is 0 Å². The van der Waals surface area contributed by atoms with Gasteiger partial charge in [-0.1, -0.05) is 12.1 Å². The smallest absolute Gasteiger partial charge is 0.141 e. The number of fused-ring (bicyclic) bond motifs is 1. The van der Waals surface area contributed by atoms with Gasteiger partial charge in [0.2, 0.25) is 0 Å². The highest BCUT2D eigenvalue weighted by atomic mass is 16.3. The first-order chi connectivity index (χ1) is 8.78. The van der Waals surface area contributed by atoms with Crippen LogP contribution < -0.4 is 5.73 Å². The van der Waals surface area contributed by atoms with Crippen molar-refractivity contribution in [2.75, 3.05) is 6.54 Å².